The average molecular weight is 378 g/mol. The van der Waals surface area contributed by atoms with E-state index in [0.717, 1.165) is 33.3 Å². The SMILES string of the molecule is CCS(=O)(=O)c1ccc(-c2c[nH]c3ncc(-c4cccc(O)c4)cc23)cc1. The standard InChI is InChI=1S/C21H18N2O3S/c1-2-27(25,26)18-8-6-14(7-9-18)20-13-23-21-19(20)11-16(12-22-21)15-4-3-5-17(24)10-15/h3-13,24H,2H2,1H3,(H,22,23). The lowest BCUT2D eigenvalue weighted by Gasteiger charge is -2.05. The molecule has 5 nitrogen and oxygen atoms in total. The fraction of sp³-hybridized carbons (Fsp3) is 0.0952. The molecule has 6 heteroatoms. The summed E-state index contributed by atoms with van der Waals surface area (Å²) in [6, 6.07) is 15.9. The lowest BCUT2D eigenvalue weighted by Crippen LogP contribution is -2.02. The van der Waals surface area contributed by atoms with E-state index >= 15 is 0 Å². The van der Waals surface area contributed by atoms with Gasteiger partial charge in [-0.1, -0.05) is 31.2 Å². The van der Waals surface area contributed by atoms with Crippen LogP contribution in [-0.4, -0.2) is 29.2 Å². The van der Waals surface area contributed by atoms with Gasteiger partial charge in [-0.15, -0.1) is 0 Å². The molecule has 0 saturated carbocycles. The highest BCUT2D eigenvalue weighted by atomic mass is 32.2. The van der Waals surface area contributed by atoms with Gasteiger partial charge in [0.05, 0.1) is 10.6 Å². The van der Waals surface area contributed by atoms with Gasteiger partial charge in [0, 0.05) is 28.9 Å². The van der Waals surface area contributed by atoms with Crippen LogP contribution in [0.25, 0.3) is 33.3 Å². The van der Waals surface area contributed by atoms with Crippen LogP contribution >= 0.6 is 0 Å². The molecule has 0 atom stereocenters. The first kappa shape index (κ1) is 17.3. The molecule has 0 radical (unpaired) electrons. The summed E-state index contributed by atoms with van der Waals surface area (Å²) in [6.07, 6.45) is 3.63. The molecule has 0 saturated heterocycles. The monoisotopic (exact) mass is 378 g/mol. The molecular formula is C21H18N2O3S. The Morgan fingerprint density at radius 1 is 1.00 bits per heavy atom. The van der Waals surface area contributed by atoms with Gasteiger partial charge in [0.15, 0.2) is 9.84 Å². The van der Waals surface area contributed by atoms with Crippen molar-refractivity contribution in [1.82, 2.24) is 9.97 Å². The number of aromatic amines is 1. The second kappa shape index (κ2) is 6.55. The van der Waals surface area contributed by atoms with E-state index in [4.69, 9.17) is 0 Å². The molecule has 0 amide bonds. The number of aromatic nitrogens is 2. The molecule has 136 valence electrons. The van der Waals surface area contributed by atoms with Crippen LogP contribution in [0.2, 0.25) is 0 Å². The zero-order valence-corrected chi connectivity index (χ0v) is 15.5. The van der Waals surface area contributed by atoms with Gasteiger partial charge in [-0.2, -0.15) is 0 Å². The molecular weight excluding hydrogens is 360 g/mol. The van der Waals surface area contributed by atoms with E-state index < -0.39 is 9.84 Å². The Kier molecular flexibility index (Phi) is 4.20. The van der Waals surface area contributed by atoms with Gasteiger partial charge in [0.2, 0.25) is 0 Å². The van der Waals surface area contributed by atoms with E-state index in [9.17, 15) is 13.5 Å². The van der Waals surface area contributed by atoms with Crippen molar-refractivity contribution >= 4 is 20.9 Å². The number of nitrogens with one attached hydrogen (secondary N) is 1. The smallest absolute Gasteiger partial charge is 0.178 e. The predicted molar refractivity (Wildman–Crippen MR) is 106 cm³/mol. The molecule has 4 rings (SSSR count). The maximum atomic E-state index is 12.0. The largest absolute Gasteiger partial charge is 0.508 e. The highest BCUT2D eigenvalue weighted by molar-refractivity contribution is 7.91. The quantitative estimate of drug-likeness (QED) is 0.551. The first-order chi connectivity index (χ1) is 13.0. The zero-order valence-electron chi connectivity index (χ0n) is 14.7. The van der Waals surface area contributed by atoms with E-state index in [1.165, 1.54) is 0 Å². The highest BCUT2D eigenvalue weighted by Crippen LogP contribution is 2.32. The van der Waals surface area contributed by atoms with Crippen LogP contribution < -0.4 is 0 Å². The minimum Gasteiger partial charge on any atom is -0.508 e. The number of pyridine rings is 1. The number of rotatable bonds is 4. The van der Waals surface area contributed by atoms with Gasteiger partial charge in [-0.3, -0.25) is 0 Å². The van der Waals surface area contributed by atoms with Gasteiger partial charge in [0.25, 0.3) is 0 Å². The van der Waals surface area contributed by atoms with Crippen LogP contribution in [0.4, 0.5) is 0 Å². The molecule has 2 aromatic carbocycles. The molecule has 0 spiro atoms. The van der Waals surface area contributed by atoms with Crippen molar-refractivity contribution in [3.8, 4) is 28.0 Å². The molecule has 0 aliphatic rings. The van der Waals surface area contributed by atoms with Crippen LogP contribution in [0.3, 0.4) is 0 Å². The summed E-state index contributed by atoms with van der Waals surface area (Å²) in [4.78, 5) is 7.95. The number of nitrogens with zero attached hydrogens (tertiary/aromatic N) is 1. The summed E-state index contributed by atoms with van der Waals surface area (Å²) in [5.74, 6) is 0.283. The Bertz CT molecular complexity index is 1230. The maximum Gasteiger partial charge on any atom is 0.178 e. The van der Waals surface area contributed by atoms with Gasteiger partial charge in [-0.05, 0) is 41.5 Å². The minimum absolute atomic E-state index is 0.0800. The molecule has 2 heterocycles. The third-order valence-electron chi connectivity index (χ3n) is 4.62. The number of hydrogen-bond donors (Lipinski definition) is 2. The van der Waals surface area contributed by atoms with Crippen molar-refractivity contribution in [2.75, 3.05) is 5.75 Å². The van der Waals surface area contributed by atoms with Crippen molar-refractivity contribution in [2.45, 2.75) is 11.8 Å². The van der Waals surface area contributed by atoms with E-state index in [1.54, 1.807) is 43.5 Å². The van der Waals surface area contributed by atoms with Gasteiger partial charge in [-0.25, -0.2) is 13.4 Å². The molecule has 27 heavy (non-hydrogen) atoms. The lowest BCUT2D eigenvalue weighted by molar-refractivity contribution is 0.475. The maximum absolute atomic E-state index is 12.0. The summed E-state index contributed by atoms with van der Waals surface area (Å²) in [5, 5.41) is 10.6. The van der Waals surface area contributed by atoms with Gasteiger partial charge in [0.1, 0.15) is 11.4 Å². The number of hydrogen-bond acceptors (Lipinski definition) is 4. The summed E-state index contributed by atoms with van der Waals surface area (Å²) in [5.41, 5.74) is 4.37. The van der Waals surface area contributed by atoms with Crippen LogP contribution in [0.1, 0.15) is 6.92 Å². The third-order valence-corrected chi connectivity index (χ3v) is 6.37. The summed E-state index contributed by atoms with van der Waals surface area (Å²) in [6.45, 7) is 1.64. The third kappa shape index (κ3) is 3.19. The van der Waals surface area contributed by atoms with Crippen LogP contribution in [-0.2, 0) is 9.84 Å². The molecule has 2 aromatic heterocycles. The number of phenols is 1. The number of fused-ring (bicyclic) bond motifs is 1. The minimum atomic E-state index is -3.22. The van der Waals surface area contributed by atoms with Crippen molar-refractivity contribution in [2.24, 2.45) is 0 Å². The van der Waals surface area contributed by atoms with Gasteiger partial charge < -0.3 is 10.1 Å². The summed E-state index contributed by atoms with van der Waals surface area (Å²) >= 11 is 0. The number of benzene rings is 2. The normalized spacial score (nSPS) is 11.7. The number of aromatic hydroxyl groups is 1. The van der Waals surface area contributed by atoms with E-state index in [2.05, 4.69) is 9.97 Å². The van der Waals surface area contributed by atoms with E-state index in [-0.39, 0.29) is 11.5 Å². The molecule has 0 aliphatic heterocycles. The first-order valence-corrected chi connectivity index (χ1v) is 10.2. The van der Waals surface area contributed by atoms with Crippen molar-refractivity contribution in [1.29, 1.82) is 0 Å². The second-order valence-corrected chi connectivity index (χ2v) is 8.58. The Hall–Kier alpha value is -3.12. The topological polar surface area (TPSA) is 83.0 Å². The molecule has 0 unspecified atom stereocenters. The van der Waals surface area contributed by atoms with Crippen LogP contribution in [0.15, 0.2) is 71.9 Å². The Morgan fingerprint density at radius 3 is 2.48 bits per heavy atom. The number of sulfone groups is 1. The number of H-pyrrole nitrogens is 1. The second-order valence-electron chi connectivity index (χ2n) is 6.30. The first-order valence-electron chi connectivity index (χ1n) is 8.57. The Morgan fingerprint density at radius 2 is 1.78 bits per heavy atom. The van der Waals surface area contributed by atoms with Crippen molar-refractivity contribution < 1.29 is 13.5 Å². The van der Waals surface area contributed by atoms with E-state index in [0.29, 0.717) is 4.90 Å². The summed E-state index contributed by atoms with van der Waals surface area (Å²) in [7, 11) is -3.22. The fourth-order valence-electron chi connectivity index (χ4n) is 3.09. The van der Waals surface area contributed by atoms with Gasteiger partial charge >= 0.3 is 0 Å². The molecule has 2 N–H and O–H groups in total. The predicted octanol–water partition coefficient (Wildman–Crippen LogP) is 4.40. The molecule has 4 aromatic rings. The van der Waals surface area contributed by atoms with Crippen LogP contribution in [0, 0.1) is 0 Å². The molecule has 0 aliphatic carbocycles. The highest BCUT2D eigenvalue weighted by Gasteiger charge is 2.13. The lowest BCUT2D eigenvalue weighted by atomic mass is 10.0. The molecule has 0 bridgehead atoms. The van der Waals surface area contributed by atoms with E-state index in [1.807, 2.05) is 30.5 Å². The Labute approximate surface area is 157 Å². The number of phenolic OH excluding ortho intramolecular Hbond substituents is 1. The average Bonchev–Trinajstić information content (AvgIpc) is 3.11. The zero-order chi connectivity index (χ0) is 19.0. The van der Waals surface area contributed by atoms with Crippen LogP contribution in [0.5, 0.6) is 5.75 Å². The van der Waals surface area contributed by atoms with Crippen molar-refractivity contribution in [3.63, 3.8) is 0 Å². The van der Waals surface area contributed by atoms with Crippen molar-refractivity contribution in [3.05, 3.63) is 67.0 Å². The molecule has 0 fully saturated rings. The fourth-order valence-corrected chi connectivity index (χ4v) is 3.98. The summed E-state index contributed by atoms with van der Waals surface area (Å²) < 4.78 is 24.0. The Balaban J connectivity index is 1.80.